The Hall–Kier alpha value is -0.490. The maximum atomic E-state index is 5.91. The van der Waals surface area contributed by atoms with Gasteiger partial charge in [0.25, 0.3) is 0 Å². The molecule has 1 atom stereocenters. The summed E-state index contributed by atoms with van der Waals surface area (Å²) >= 11 is 5.91. The molecule has 1 aromatic carbocycles. The molecule has 0 N–H and O–H groups in total. The lowest BCUT2D eigenvalue weighted by Gasteiger charge is -2.05. The van der Waals surface area contributed by atoms with Gasteiger partial charge in [0.1, 0.15) is 0 Å². The molecule has 0 aliphatic heterocycles. The van der Waals surface area contributed by atoms with Gasteiger partial charge in [-0.05, 0) is 39.2 Å². The van der Waals surface area contributed by atoms with Crippen molar-refractivity contribution < 1.29 is 0 Å². The highest BCUT2D eigenvalue weighted by atomic mass is 35.5. The first-order valence-corrected chi connectivity index (χ1v) is 5.23. The lowest BCUT2D eigenvalue weighted by atomic mass is 10.0. The largest absolute Gasteiger partial charge is 0.123 e. The minimum atomic E-state index is 0.279. The number of hydrogen-bond acceptors (Lipinski definition) is 0. The second kappa shape index (κ2) is 4.66. The minimum Gasteiger partial charge on any atom is -0.123 e. The van der Waals surface area contributed by atoms with Gasteiger partial charge in [0, 0.05) is 5.38 Å². The molecule has 0 fully saturated rings. The van der Waals surface area contributed by atoms with Gasteiger partial charge in [-0.1, -0.05) is 29.3 Å². The molecule has 0 radical (unpaired) electrons. The van der Waals surface area contributed by atoms with Gasteiger partial charge < -0.3 is 0 Å². The summed E-state index contributed by atoms with van der Waals surface area (Å²) in [7, 11) is 0. The Labute approximate surface area is 85.9 Å². The molecule has 1 rings (SSSR count). The fourth-order valence-electron chi connectivity index (χ4n) is 1.58. The molecule has 13 heavy (non-hydrogen) atoms. The van der Waals surface area contributed by atoms with Gasteiger partial charge in [0.2, 0.25) is 0 Å². The summed E-state index contributed by atoms with van der Waals surface area (Å²) in [5, 5.41) is 0.279. The Bertz CT molecular complexity index is 256. The van der Waals surface area contributed by atoms with Crippen molar-refractivity contribution in [1.29, 1.82) is 0 Å². The summed E-state index contributed by atoms with van der Waals surface area (Å²) in [6.07, 6.45) is 2.15. The van der Waals surface area contributed by atoms with E-state index in [1.807, 2.05) is 6.92 Å². The molecule has 1 unspecified atom stereocenters. The van der Waals surface area contributed by atoms with E-state index in [4.69, 9.17) is 11.6 Å². The molecule has 0 saturated heterocycles. The van der Waals surface area contributed by atoms with Crippen LogP contribution in [0.1, 0.15) is 30.0 Å². The summed E-state index contributed by atoms with van der Waals surface area (Å²) in [4.78, 5) is 0. The van der Waals surface area contributed by atoms with Crippen molar-refractivity contribution in [3.05, 3.63) is 34.9 Å². The Morgan fingerprint density at radius 1 is 1.15 bits per heavy atom. The molecule has 0 amide bonds. The van der Waals surface area contributed by atoms with Gasteiger partial charge >= 0.3 is 0 Å². The molecule has 0 aliphatic carbocycles. The van der Waals surface area contributed by atoms with Crippen molar-refractivity contribution >= 4 is 11.6 Å². The normalized spacial score (nSPS) is 12.9. The molecular weight excluding hydrogens is 180 g/mol. The van der Waals surface area contributed by atoms with Crippen LogP contribution in [0.4, 0.5) is 0 Å². The number of rotatable bonds is 3. The van der Waals surface area contributed by atoms with Crippen LogP contribution in [0.15, 0.2) is 18.2 Å². The molecule has 0 saturated carbocycles. The lowest BCUT2D eigenvalue weighted by molar-refractivity contribution is 0.802. The van der Waals surface area contributed by atoms with Crippen molar-refractivity contribution in [2.45, 2.75) is 39.0 Å². The Morgan fingerprint density at radius 2 is 1.69 bits per heavy atom. The molecule has 0 nitrogen and oxygen atoms in total. The highest BCUT2D eigenvalue weighted by Crippen LogP contribution is 2.13. The van der Waals surface area contributed by atoms with Gasteiger partial charge in [0.05, 0.1) is 0 Å². The molecule has 0 heterocycles. The molecule has 1 heteroatoms. The molecule has 1 aromatic rings. The van der Waals surface area contributed by atoms with Crippen LogP contribution in [0, 0.1) is 13.8 Å². The minimum absolute atomic E-state index is 0.279. The van der Waals surface area contributed by atoms with Crippen LogP contribution in [0.3, 0.4) is 0 Å². The predicted octanol–water partition coefficient (Wildman–Crippen LogP) is 3.86. The molecule has 72 valence electrons. The maximum absolute atomic E-state index is 5.91. The summed E-state index contributed by atoms with van der Waals surface area (Å²) in [6.45, 7) is 6.32. The second-order valence-corrected chi connectivity index (χ2v) is 4.56. The number of aryl methyl sites for hydroxylation is 3. The standard InChI is InChI=1S/C12H17Cl/c1-9-6-10(2)8-12(7-9)5-4-11(3)13/h6-8,11H,4-5H2,1-3H3. The average Bonchev–Trinajstić information content (AvgIpc) is 1.99. The third-order valence-corrected chi connectivity index (χ3v) is 2.33. The fraction of sp³-hybridized carbons (Fsp3) is 0.500. The van der Waals surface area contributed by atoms with Gasteiger partial charge in [-0.3, -0.25) is 0 Å². The number of benzene rings is 1. The predicted molar refractivity (Wildman–Crippen MR) is 59.6 cm³/mol. The van der Waals surface area contributed by atoms with Crippen molar-refractivity contribution in [3.63, 3.8) is 0 Å². The smallest absolute Gasteiger partial charge is 0.0311 e. The van der Waals surface area contributed by atoms with Gasteiger partial charge in [-0.25, -0.2) is 0 Å². The van der Waals surface area contributed by atoms with Gasteiger partial charge in [-0.15, -0.1) is 11.6 Å². The van der Waals surface area contributed by atoms with Gasteiger partial charge in [0.15, 0.2) is 0 Å². The summed E-state index contributed by atoms with van der Waals surface area (Å²) in [5.74, 6) is 0. The Balaban J connectivity index is 2.66. The summed E-state index contributed by atoms with van der Waals surface area (Å²) < 4.78 is 0. The van der Waals surface area contributed by atoms with Crippen molar-refractivity contribution in [2.24, 2.45) is 0 Å². The van der Waals surface area contributed by atoms with E-state index in [2.05, 4.69) is 32.0 Å². The number of hydrogen-bond donors (Lipinski definition) is 0. The molecular formula is C12H17Cl. The first kappa shape index (κ1) is 10.6. The van der Waals surface area contributed by atoms with Gasteiger partial charge in [-0.2, -0.15) is 0 Å². The number of alkyl halides is 1. The first-order valence-electron chi connectivity index (χ1n) is 4.79. The third kappa shape index (κ3) is 3.82. The van der Waals surface area contributed by atoms with E-state index < -0.39 is 0 Å². The summed E-state index contributed by atoms with van der Waals surface area (Å²) in [5.41, 5.74) is 4.10. The Morgan fingerprint density at radius 3 is 2.15 bits per heavy atom. The summed E-state index contributed by atoms with van der Waals surface area (Å²) in [6, 6.07) is 6.69. The van der Waals surface area contributed by atoms with Crippen LogP contribution in [0.2, 0.25) is 0 Å². The van der Waals surface area contributed by atoms with Crippen LogP contribution in [0.25, 0.3) is 0 Å². The monoisotopic (exact) mass is 196 g/mol. The zero-order valence-corrected chi connectivity index (χ0v) is 9.36. The van der Waals surface area contributed by atoms with Crippen molar-refractivity contribution in [3.8, 4) is 0 Å². The molecule has 0 aliphatic rings. The highest BCUT2D eigenvalue weighted by molar-refractivity contribution is 6.20. The van der Waals surface area contributed by atoms with E-state index in [1.54, 1.807) is 0 Å². The SMILES string of the molecule is Cc1cc(C)cc(CCC(C)Cl)c1. The van der Waals surface area contributed by atoms with Crippen LogP contribution >= 0.6 is 11.6 Å². The maximum Gasteiger partial charge on any atom is 0.0311 e. The molecule has 0 spiro atoms. The number of halogens is 1. The zero-order chi connectivity index (χ0) is 9.84. The van der Waals surface area contributed by atoms with Crippen LogP contribution in [-0.2, 0) is 6.42 Å². The Kier molecular flexibility index (Phi) is 3.80. The molecule has 0 bridgehead atoms. The van der Waals surface area contributed by atoms with E-state index in [0.717, 1.165) is 12.8 Å². The van der Waals surface area contributed by atoms with E-state index in [0.29, 0.717) is 0 Å². The third-order valence-electron chi connectivity index (χ3n) is 2.11. The fourth-order valence-corrected chi connectivity index (χ4v) is 1.69. The van der Waals surface area contributed by atoms with Crippen molar-refractivity contribution in [1.82, 2.24) is 0 Å². The van der Waals surface area contributed by atoms with E-state index in [-0.39, 0.29) is 5.38 Å². The first-order chi connectivity index (χ1) is 6.08. The van der Waals surface area contributed by atoms with Crippen LogP contribution < -0.4 is 0 Å². The topological polar surface area (TPSA) is 0 Å². The van der Waals surface area contributed by atoms with Crippen LogP contribution in [0.5, 0.6) is 0 Å². The lowest BCUT2D eigenvalue weighted by Crippen LogP contribution is -1.95. The van der Waals surface area contributed by atoms with E-state index >= 15 is 0 Å². The van der Waals surface area contributed by atoms with E-state index in [1.165, 1.54) is 16.7 Å². The second-order valence-electron chi connectivity index (χ2n) is 3.82. The van der Waals surface area contributed by atoms with E-state index in [9.17, 15) is 0 Å². The van der Waals surface area contributed by atoms with Crippen molar-refractivity contribution in [2.75, 3.05) is 0 Å². The average molecular weight is 197 g/mol. The molecule has 0 aromatic heterocycles. The van der Waals surface area contributed by atoms with Crippen LogP contribution in [-0.4, -0.2) is 5.38 Å². The highest BCUT2D eigenvalue weighted by Gasteiger charge is 1.99. The zero-order valence-electron chi connectivity index (χ0n) is 8.60. The quantitative estimate of drug-likeness (QED) is 0.644.